The third-order valence-corrected chi connectivity index (χ3v) is 5.40. The molecule has 1 atom stereocenters. The highest BCUT2D eigenvalue weighted by molar-refractivity contribution is 7.17. The first-order valence-electron chi connectivity index (χ1n) is 7.44. The summed E-state index contributed by atoms with van der Waals surface area (Å²) in [4.78, 5) is 12.2. The first kappa shape index (κ1) is 16.8. The molecule has 1 heterocycles. The van der Waals surface area contributed by atoms with E-state index < -0.39 is 5.82 Å². The second kappa shape index (κ2) is 7.26. The Kier molecular flexibility index (Phi) is 5.09. The Labute approximate surface area is 148 Å². The summed E-state index contributed by atoms with van der Waals surface area (Å²) >= 11 is 7.73. The Balaban J connectivity index is 2.10. The molecule has 5 heteroatoms. The van der Waals surface area contributed by atoms with Crippen LogP contribution in [0.15, 0.2) is 54.6 Å². The van der Waals surface area contributed by atoms with Crippen LogP contribution in [-0.4, -0.2) is 12.8 Å². The van der Waals surface area contributed by atoms with Crippen molar-refractivity contribution in [1.29, 1.82) is 0 Å². The van der Waals surface area contributed by atoms with Gasteiger partial charge >= 0.3 is 0 Å². The highest BCUT2D eigenvalue weighted by Crippen LogP contribution is 2.42. The van der Waals surface area contributed by atoms with Gasteiger partial charge in [0, 0.05) is 34.0 Å². The molecule has 0 amide bonds. The van der Waals surface area contributed by atoms with Crippen LogP contribution in [0.4, 0.5) is 4.39 Å². The minimum Gasteiger partial charge on any atom is -0.329 e. The summed E-state index contributed by atoms with van der Waals surface area (Å²) in [5.41, 5.74) is 8.09. The first-order chi connectivity index (χ1) is 11.7. The normalized spacial score (nSPS) is 12.1. The van der Waals surface area contributed by atoms with Gasteiger partial charge in [0.15, 0.2) is 6.29 Å². The topological polar surface area (TPSA) is 43.1 Å². The lowest BCUT2D eigenvalue weighted by atomic mass is 9.95. The van der Waals surface area contributed by atoms with E-state index in [0.29, 0.717) is 22.7 Å². The Morgan fingerprint density at radius 1 is 1.17 bits per heavy atom. The molecule has 1 aromatic heterocycles. The van der Waals surface area contributed by atoms with E-state index >= 15 is 0 Å². The molecule has 0 aliphatic carbocycles. The molecule has 3 aromatic rings. The zero-order valence-electron chi connectivity index (χ0n) is 12.7. The highest BCUT2D eigenvalue weighted by atomic mass is 35.5. The summed E-state index contributed by atoms with van der Waals surface area (Å²) in [6.45, 7) is 0.415. The second-order valence-corrected chi connectivity index (χ2v) is 7.04. The number of benzene rings is 2. The van der Waals surface area contributed by atoms with Gasteiger partial charge in [-0.25, -0.2) is 4.39 Å². The second-order valence-electron chi connectivity index (χ2n) is 5.36. The zero-order valence-corrected chi connectivity index (χ0v) is 14.3. The molecule has 0 saturated heterocycles. The van der Waals surface area contributed by atoms with Crippen molar-refractivity contribution in [3.63, 3.8) is 0 Å². The predicted molar refractivity (Wildman–Crippen MR) is 97.4 cm³/mol. The summed E-state index contributed by atoms with van der Waals surface area (Å²) < 4.78 is 14.7. The van der Waals surface area contributed by atoms with Crippen LogP contribution < -0.4 is 5.73 Å². The summed E-state index contributed by atoms with van der Waals surface area (Å²) in [7, 11) is 0. The molecule has 0 spiro atoms. The van der Waals surface area contributed by atoms with E-state index in [1.165, 1.54) is 23.5 Å². The maximum Gasteiger partial charge on any atom is 0.150 e. The number of rotatable bonds is 5. The largest absolute Gasteiger partial charge is 0.329 e. The third-order valence-electron chi connectivity index (χ3n) is 3.93. The SMILES string of the molecule is NCC(c1ccccc1)c1cc(-c2c(F)cccc2C=O)c(Cl)s1. The summed E-state index contributed by atoms with van der Waals surface area (Å²) in [6, 6.07) is 16.1. The van der Waals surface area contributed by atoms with Crippen LogP contribution >= 0.6 is 22.9 Å². The van der Waals surface area contributed by atoms with E-state index in [4.69, 9.17) is 17.3 Å². The summed E-state index contributed by atoms with van der Waals surface area (Å²) in [6.07, 6.45) is 0.643. The van der Waals surface area contributed by atoms with Gasteiger partial charge in [0.05, 0.1) is 0 Å². The average Bonchev–Trinajstić information content (AvgIpc) is 2.97. The standard InChI is InChI=1S/C19H15ClFNOS/c20-19-14(18-13(11-23)7-4-8-16(18)21)9-17(24-19)15(10-22)12-5-2-1-3-6-12/h1-9,11,15H,10,22H2. The fourth-order valence-corrected chi connectivity index (χ4v) is 4.20. The van der Waals surface area contributed by atoms with E-state index in [2.05, 4.69) is 0 Å². The fraction of sp³-hybridized carbons (Fsp3) is 0.105. The zero-order chi connectivity index (χ0) is 17.1. The third kappa shape index (κ3) is 3.13. The highest BCUT2D eigenvalue weighted by Gasteiger charge is 2.21. The Morgan fingerprint density at radius 2 is 1.92 bits per heavy atom. The Bertz CT molecular complexity index is 863. The smallest absolute Gasteiger partial charge is 0.150 e. The molecule has 122 valence electrons. The molecule has 2 aromatic carbocycles. The molecular weight excluding hydrogens is 345 g/mol. The van der Waals surface area contributed by atoms with Gasteiger partial charge in [-0.3, -0.25) is 4.79 Å². The van der Waals surface area contributed by atoms with E-state index in [1.54, 1.807) is 6.07 Å². The maximum absolute atomic E-state index is 14.3. The minimum atomic E-state index is -0.463. The molecule has 0 saturated carbocycles. The van der Waals surface area contributed by atoms with Crippen molar-refractivity contribution in [2.75, 3.05) is 6.54 Å². The molecule has 0 aliphatic heterocycles. The summed E-state index contributed by atoms with van der Waals surface area (Å²) in [5, 5.41) is 0. The van der Waals surface area contributed by atoms with Crippen LogP contribution in [0.25, 0.3) is 11.1 Å². The molecule has 24 heavy (non-hydrogen) atoms. The number of halogens is 2. The molecule has 3 rings (SSSR count). The minimum absolute atomic E-state index is 0.0195. The van der Waals surface area contributed by atoms with E-state index in [9.17, 15) is 9.18 Å². The van der Waals surface area contributed by atoms with Crippen LogP contribution in [0.2, 0.25) is 4.34 Å². The molecule has 1 unspecified atom stereocenters. The van der Waals surface area contributed by atoms with Gasteiger partial charge in [-0.1, -0.05) is 54.1 Å². The molecule has 0 radical (unpaired) electrons. The van der Waals surface area contributed by atoms with Crippen molar-refractivity contribution >= 4 is 29.2 Å². The molecule has 0 aliphatic rings. The van der Waals surface area contributed by atoms with Crippen molar-refractivity contribution in [2.24, 2.45) is 5.73 Å². The van der Waals surface area contributed by atoms with Crippen molar-refractivity contribution in [3.8, 4) is 11.1 Å². The number of nitrogens with two attached hydrogens (primary N) is 1. The lowest BCUT2D eigenvalue weighted by molar-refractivity contribution is 0.112. The molecule has 0 bridgehead atoms. The number of thiophene rings is 1. The number of hydrogen-bond donors (Lipinski definition) is 1. The Morgan fingerprint density at radius 3 is 2.58 bits per heavy atom. The van der Waals surface area contributed by atoms with Gasteiger partial charge in [-0.15, -0.1) is 11.3 Å². The van der Waals surface area contributed by atoms with Gasteiger partial charge in [0.1, 0.15) is 10.2 Å². The van der Waals surface area contributed by atoms with E-state index in [1.807, 2.05) is 36.4 Å². The van der Waals surface area contributed by atoms with Gasteiger partial charge in [0.25, 0.3) is 0 Å². The van der Waals surface area contributed by atoms with Gasteiger partial charge in [0.2, 0.25) is 0 Å². The van der Waals surface area contributed by atoms with E-state index in [0.717, 1.165) is 10.4 Å². The molecule has 0 fully saturated rings. The fourth-order valence-electron chi connectivity index (χ4n) is 2.75. The van der Waals surface area contributed by atoms with Gasteiger partial charge in [-0.05, 0) is 17.7 Å². The molecular formula is C19H15ClFNOS. The molecule has 2 N–H and O–H groups in total. The maximum atomic E-state index is 14.3. The van der Waals surface area contributed by atoms with Gasteiger partial charge < -0.3 is 5.73 Å². The quantitative estimate of drug-likeness (QED) is 0.643. The molecule has 2 nitrogen and oxygen atoms in total. The summed E-state index contributed by atoms with van der Waals surface area (Å²) in [5.74, 6) is -0.483. The predicted octanol–water partition coefficient (Wildman–Crippen LogP) is 5.11. The van der Waals surface area contributed by atoms with Crippen LogP contribution in [0.1, 0.15) is 26.7 Å². The van der Waals surface area contributed by atoms with Crippen LogP contribution in [0.5, 0.6) is 0 Å². The monoisotopic (exact) mass is 359 g/mol. The van der Waals surface area contributed by atoms with Crippen LogP contribution in [0.3, 0.4) is 0 Å². The first-order valence-corrected chi connectivity index (χ1v) is 8.63. The van der Waals surface area contributed by atoms with Crippen molar-refractivity contribution in [2.45, 2.75) is 5.92 Å². The lowest BCUT2D eigenvalue weighted by Gasteiger charge is -2.13. The van der Waals surface area contributed by atoms with Crippen molar-refractivity contribution < 1.29 is 9.18 Å². The average molecular weight is 360 g/mol. The van der Waals surface area contributed by atoms with E-state index in [-0.39, 0.29) is 17.0 Å². The lowest BCUT2D eigenvalue weighted by Crippen LogP contribution is -2.12. The number of carbonyl (C=O) groups is 1. The van der Waals surface area contributed by atoms with Crippen molar-refractivity contribution in [3.05, 3.63) is 80.8 Å². The number of hydrogen-bond acceptors (Lipinski definition) is 3. The van der Waals surface area contributed by atoms with Crippen LogP contribution in [0, 0.1) is 5.82 Å². The van der Waals surface area contributed by atoms with Gasteiger partial charge in [-0.2, -0.15) is 0 Å². The Hall–Kier alpha value is -2.01. The number of aldehydes is 1. The van der Waals surface area contributed by atoms with Crippen LogP contribution in [-0.2, 0) is 0 Å². The number of carbonyl (C=O) groups excluding carboxylic acids is 1. The van der Waals surface area contributed by atoms with Crippen molar-refractivity contribution in [1.82, 2.24) is 0 Å².